The van der Waals surface area contributed by atoms with Gasteiger partial charge in [-0.15, -0.1) is 11.3 Å². The van der Waals surface area contributed by atoms with Gasteiger partial charge in [0.15, 0.2) is 9.84 Å². The van der Waals surface area contributed by atoms with E-state index in [1.165, 1.54) is 10.4 Å². The van der Waals surface area contributed by atoms with Crippen molar-refractivity contribution in [3.63, 3.8) is 0 Å². The number of hydrogen-bond acceptors (Lipinski definition) is 7. The molecule has 28 heavy (non-hydrogen) atoms. The summed E-state index contributed by atoms with van der Waals surface area (Å²) >= 11 is 1.69. The molecule has 2 fully saturated rings. The smallest absolute Gasteiger partial charge is 0.223 e. The van der Waals surface area contributed by atoms with E-state index in [4.69, 9.17) is 0 Å². The van der Waals surface area contributed by atoms with E-state index in [0.717, 1.165) is 42.0 Å². The van der Waals surface area contributed by atoms with E-state index in [9.17, 15) is 13.2 Å². The Bertz CT molecular complexity index is 1030. The highest BCUT2D eigenvalue weighted by Crippen LogP contribution is 2.35. The Morgan fingerprint density at radius 3 is 2.64 bits per heavy atom. The monoisotopic (exact) mass is 422 g/mol. The summed E-state index contributed by atoms with van der Waals surface area (Å²) in [7, 11) is -3.03. The molecule has 1 unspecified atom stereocenters. The van der Waals surface area contributed by atoms with E-state index < -0.39 is 15.4 Å². The zero-order valence-corrected chi connectivity index (χ0v) is 18.1. The number of fused-ring (bicyclic) bond motifs is 1. The van der Waals surface area contributed by atoms with Crippen LogP contribution in [0, 0.1) is 19.8 Å². The van der Waals surface area contributed by atoms with Crippen LogP contribution in [0.25, 0.3) is 10.2 Å². The Kier molecular flexibility index (Phi) is 4.86. The molecule has 0 aliphatic carbocycles. The Balaban J connectivity index is 1.43. The molecule has 0 spiro atoms. The predicted molar refractivity (Wildman–Crippen MR) is 112 cm³/mol. The Labute approximate surface area is 169 Å². The van der Waals surface area contributed by atoms with Crippen LogP contribution in [0.1, 0.15) is 36.6 Å². The Hall–Kier alpha value is -1.74. The second-order valence-electron chi connectivity index (χ2n) is 8.31. The molecule has 0 aromatic carbocycles. The van der Waals surface area contributed by atoms with Gasteiger partial charge in [0.2, 0.25) is 5.91 Å². The van der Waals surface area contributed by atoms with Crippen LogP contribution in [0.2, 0.25) is 0 Å². The molecule has 4 rings (SSSR count). The Morgan fingerprint density at radius 2 is 2.00 bits per heavy atom. The van der Waals surface area contributed by atoms with Crippen LogP contribution in [0.15, 0.2) is 6.33 Å². The molecule has 0 saturated carbocycles. The van der Waals surface area contributed by atoms with E-state index in [1.54, 1.807) is 17.7 Å². The molecule has 0 radical (unpaired) electrons. The molecule has 7 nitrogen and oxygen atoms in total. The van der Waals surface area contributed by atoms with Crippen LogP contribution >= 0.6 is 11.3 Å². The number of nitrogens with one attached hydrogen (secondary N) is 1. The number of amides is 1. The number of carbonyl (C=O) groups is 1. The van der Waals surface area contributed by atoms with Crippen molar-refractivity contribution in [2.24, 2.45) is 5.92 Å². The minimum Gasteiger partial charge on any atom is -0.356 e. The standard InChI is InChI=1S/C19H26N4O3S2/c1-12-13(2)27-18-15(12)16(20-11-21-18)23-7-4-14(5-8-23)17(24)22-19(3)6-9-28(25,26)10-19/h11,14H,4-10H2,1-3H3,(H,22,24). The maximum absolute atomic E-state index is 12.7. The van der Waals surface area contributed by atoms with Crippen LogP contribution in [-0.2, 0) is 14.6 Å². The van der Waals surface area contributed by atoms with E-state index in [1.807, 2.05) is 6.92 Å². The maximum atomic E-state index is 12.7. The van der Waals surface area contributed by atoms with Gasteiger partial charge in [-0.1, -0.05) is 0 Å². The molecule has 9 heteroatoms. The Morgan fingerprint density at radius 1 is 1.29 bits per heavy atom. The SMILES string of the molecule is Cc1sc2ncnc(N3CCC(C(=O)NC4(C)CCS(=O)(=O)C4)CC3)c2c1C. The number of aromatic nitrogens is 2. The van der Waals surface area contributed by atoms with Crippen LogP contribution in [0.5, 0.6) is 0 Å². The maximum Gasteiger partial charge on any atom is 0.223 e. The van der Waals surface area contributed by atoms with Gasteiger partial charge in [0.1, 0.15) is 17.0 Å². The summed E-state index contributed by atoms with van der Waals surface area (Å²) in [6, 6.07) is 0. The number of anilines is 1. The van der Waals surface area contributed by atoms with Gasteiger partial charge in [-0.3, -0.25) is 4.79 Å². The number of hydrogen-bond donors (Lipinski definition) is 1. The van der Waals surface area contributed by atoms with Gasteiger partial charge >= 0.3 is 0 Å². The molecule has 1 atom stereocenters. The van der Waals surface area contributed by atoms with Gasteiger partial charge in [0.25, 0.3) is 0 Å². The van der Waals surface area contributed by atoms with Gasteiger partial charge in [-0.05, 0) is 45.6 Å². The summed E-state index contributed by atoms with van der Waals surface area (Å²) in [6.45, 7) is 7.56. The molecule has 152 valence electrons. The number of piperidine rings is 1. The van der Waals surface area contributed by atoms with Crippen molar-refractivity contribution in [1.82, 2.24) is 15.3 Å². The summed E-state index contributed by atoms with van der Waals surface area (Å²) in [5.74, 6) is 1.05. The molecule has 1 amide bonds. The minimum absolute atomic E-state index is 0.0188. The quantitative estimate of drug-likeness (QED) is 0.815. The van der Waals surface area contributed by atoms with Crippen molar-refractivity contribution in [1.29, 1.82) is 0 Å². The third-order valence-electron chi connectivity index (χ3n) is 6.04. The highest BCUT2D eigenvalue weighted by molar-refractivity contribution is 7.91. The van der Waals surface area contributed by atoms with Crippen LogP contribution < -0.4 is 10.2 Å². The lowest BCUT2D eigenvalue weighted by molar-refractivity contribution is -0.127. The van der Waals surface area contributed by atoms with Crippen molar-refractivity contribution in [3.05, 3.63) is 16.8 Å². The van der Waals surface area contributed by atoms with E-state index in [-0.39, 0.29) is 23.3 Å². The normalized spacial score (nSPS) is 25.3. The first kappa shape index (κ1) is 19.6. The molecule has 1 N–H and O–H groups in total. The second-order valence-corrected chi connectivity index (χ2v) is 11.7. The van der Waals surface area contributed by atoms with Crippen molar-refractivity contribution >= 4 is 43.1 Å². The number of carbonyl (C=O) groups excluding carboxylic acids is 1. The van der Waals surface area contributed by atoms with Gasteiger partial charge in [-0.25, -0.2) is 18.4 Å². The average Bonchev–Trinajstić information content (AvgIpc) is 3.09. The number of rotatable bonds is 3. The van der Waals surface area contributed by atoms with E-state index in [2.05, 4.69) is 34.0 Å². The van der Waals surface area contributed by atoms with E-state index in [0.29, 0.717) is 6.42 Å². The lowest BCUT2D eigenvalue weighted by Crippen LogP contribution is -2.51. The van der Waals surface area contributed by atoms with Gasteiger partial charge in [-0.2, -0.15) is 0 Å². The topological polar surface area (TPSA) is 92.3 Å². The lowest BCUT2D eigenvalue weighted by Gasteiger charge is -2.34. The second kappa shape index (κ2) is 6.95. The van der Waals surface area contributed by atoms with E-state index >= 15 is 0 Å². The molecular formula is C19H26N4O3S2. The number of thiophene rings is 1. The third-order valence-corrected chi connectivity index (χ3v) is 9.06. The average molecular weight is 423 g/mol. The summed E-state index contributed by atoms with van der Waals surface area (Å²) < 4.78 is 23.5. The fourth-order valence-electron chi connectivity index (χ4n) is 4.27. The molecule has 0 bridgehead atoms. The first-order chi connectivity index (χ1) is 13.2. The first-order valence-electron chi connectivity index (χ1n) is 9.66. The lowest BCUT2D eigenvalue weighted by atomic mass is 9.93. The third kappa shape index (κ3) is 3.61. The van der Waals surface area contributed by atoms with Crippen molar-refractivity contribution in [3.8, 4) is 0 Å². The zero-order chi connectivity index (χ0) is 20.1. The number of sulfone groups is 1. The molecule has 2 aliphatic rings. The molecule has 2 aliphatic heterocycles. The molecular weight excluding hydrogens is 396 g/mol. The predicted octanol–water partition coefficient (Wildman–Crippen LogP) is 2.22. The zero-order valence-electron chi connectivity index (χ0n) is 16.5. The fourth-order valence-corrected chi connectivity index (χ4v) is 7.35. The summed E-state index contributed by atoms with van der Waals surface area (Å²) in [4.78, 5) is 26.2. The molecule has 2 aromatic rings. The summed E-state index contributed by atoms with van der Waals surface area (Å²) in [5, 5.41) is 4.14. The summed E-state index contributed by atoms with van der Waals surface area (Å²) in [6.07, 6.45) is 3.59. The summed E-state index contributed by atoms with van der Waals surface area (Å²) in [5.41, 5.74) is 0.600. The first-order valence-corrected chi connectivity index (χ1v) is 12.3. The van der Waals surface area contributed by atoms with Gasteiger partial charge < -0.3 is 10.2 Å². The highest BCUT2D eigenvalue weighted by Gasteiger charge is 2.40. The number of aryl methyl sites for hydroxylation is 2. The molecule has 2 saturated heterocycles. The van der Waals surface area contributed by atoms with Crippen LogP contribution in [0.4, 0.5) is 5.82 Å². The number of nitrogens with zero attached hydrogens (tertiary/aromatic N) is 3. The largest absolute Gasteiger partial charge is 0.356 e. The molecule has 4 heterocycles. The van der Waals surface area contributed by atoms with Crippen molar-refractivity contribution in [2.45, 2.75) is 45.6 Å². The van der Waals surface area contributed by atoms with Crippen LogP contribution in [-0.4, -0.2) is 54.4 Å². The van der Waals surface area contributed by atoms with Crippen molar-refractivity contribution < 1.29 is 13.2 Å². The fraction of sp³-hybridized carbons (Fsp3) is 0.632. The van der Waals surface area contributed by atoms with Crippen molar-refractivity contribution in [2.75, 3.05) is 29.5 Å². The van der Waals surface area contributed by atoms with Gasteiger partial charge in [0, 0.05) is 23.9 Å². The molecule has 2 aromatic heterocycles. The minimum atomic E-state index is -3.03. The van der Waals surface area contributed by atoms with Crippen LogP contribution in [0.3, 0.4) is 0 Å². The highest BCUT2D eigenvalue weighted by atomic mass is 32.2. The van der Waals surface area contributed by atoms with Gasteiger partial charge in [0.05, 0.1) is 22.4 Å².